The number of hydrogen-bond acceptors (Lipinski definition) is 3. The van der Waals surface area contributed by atoms with Crippen LogP contribution in [0.25, 0.3) is 0 Å². The minimum Gasteiger partial charge on any atom is -0.264 e. The van der Waals surface area contributed by atoms with E-state index in [2.05, 4.69) is 86.2 Å². The quantitative estimate of drug-likeness (QED) is 0.302. The molecular weight excluding hydrogens is 438 g/mol. The Hall–Kier alpha value is -2.99. The van der Waals surface area contributed by atoms with Gasteiger partial charge in [0.05, 0.1) is 6.07 Å². The first-order chi connectivity index (χ1) is 17.6. The van der Waals surface area contributed by atoms with Crippen LogP contribution in [-0.2, 0) is 0 Å². The van der Waals surface area contributed by atoms with Crippen LogP contribution in [0.5, 0.6) is 0 Å². The van der Waals surface area contributed by atoms with E-state index in [0.29, 0.717) is 17.8 Å². The van der Waals surface area contributed by atoms with Crippen LogP contribution in [0, 0.1) is 17.2 Å². The van der Waals surface area contributed by atoms with Gasteiger partial charge in [-0.1, -0.05) is 97.9 Å². The summed E-state index contributed by atoms with van der Waals surface area (Å²) in [6.45, 7) is 16.8. The molecule has 0 N–H and O–H groups in total. The Bertz CT molecular complexity index is 904. The van der Waals surface area contributed by atoms with Crippen molar-refractivity contribution in [3.63, 3.8) is 0 Å². The van der Waals surface area contributed by atoms with Crippen molar-refractivity contribution in [2.75, 3.05) is 0 Å². The molecule has 0 bridgehead atoms. The maximum absolute atomic E-state index is 8.86. The molecule has 0 saturated carbocycles. The molecule has 0 spiro atoms. The van der Waals surface area contributed by atoms with E-state index in [1.807, 2.05) is 58.4 Å². The summed E-state index contributed by atoms with van der Waals surface area (Å²) in [6.07, 6.45) is 11.7. The van der Waals surface area contributed by atoms with E-state index < -0.39 is 0 Å². The van der Waals surface area contributed by atoms with E-state index >= 15 is 0 Å². The third-order valence-corrected chi connectivity index (χ3v) is 6.22. The molecule has 3 rings (SSSR count). The molecule has 3 nitrogen and oxygen atoms in total. The molecule has 196 valence electrons. The van der Waals surface area contributed by atoms with E-state index in [1.165, 1.54) is 29.5 Å². The van der Waals surface area contributed by atoms with Gasteiger partial charge in [0.25, 0.3) is 0 Å². The Labute approximate surface area is 222 Å². The predicted molar refractivity (Wildman–Crippen MR) is 156 cm³/mol. The number of pyridine rings is 2. The second-order valence-corrected chi connectivity index (χ2v) is 8.60. The average Bonchev–Trinajstić information content (AvgIpc) is 2.98. The van der Waals surface area contributed by atoms with Crippen LogP contribution in [0.3, 0.4) is 0 Å². The molecule has 4 unspecified atom stereocenters. The van der Waals surface area contributed by atoms with Gasteiger partial charge in [0.1, 0.15) is 0 Å². The predicted octanol–water partition coefficient (Wildman–Crippen LogP) is 9.95. The largest absolute Gasteiger partial charge is 0.264 e. The molecule has 1 aromatic carbocycles. The van der Waals surface area contributed by atoms with Crippen molar-refractivity contribution >= 4 is 0 Å². The van der Waals surface area contributed by atoms with Crippen LogP contribution in [0.4, 0.5) is 0 Å². The Balaban J connectivity index is 0.000000613. The molecule has 0 aliphatic rings. The Kier molecular flexibility index (Phi) is 19.5. The van der Waals surface area contributed by atoms with Crippen LogP contribution >= 0.6 is 0 Å². The monoisotopic (exact) mass is 487 g/mol. The van der Waals surface area contributed by atoms with Crippen molar-refractivity contribution < 1.29 is 0 Å². The minimum atomic E-state index is 0.171. The van der Waals surface area contributed by atoms with Crippen molar-refractivity contribution in [1.82, 2.24) is 9.97 Å². The summed E-state index contributed by atoms with van der Waals surface area (Å²) in [5.41, 5.74) is 4.02. The first-order valence-corrected chi connectivity index (χ1v) is 13.8. The maximum atomic E-state index is 8.86. The van der Waals surface area contributed by atoms with E-state index in [0.717, 1.165) is 12.8 Å². The second-order valence-electron chi connectivity index (χ2n) is 8.60. The molecule has 0 radical (unpaired) electrons. The topological polar surface area (TPSA) is 49.6 Å². The fourth-order valence-electron chi connectivity index (χ4n) is 4.03. The molecular formula is C33H49N3. The van der Waals surface area contributed by atoms with Gasteiger partial charge >= 0.3 is 0 Å². The summed E-state index contributed by atoms with van der Waals surface area (Å²) >= 11 is 0. The summed E-state index contributed by atoms with van der Waals surface area (Å²) in [6, 6.07) is 21.4. The molecule has 2 aromatic heterocycles. The van der Waals surface area contributed by atoms with Crippen molar-refractivity contribution in [3.8, 4) is 6.07 Å². The SMILES string of the molecule is CC.CC.CCC(C#N)CC(C)c1cccnc1.CCC(CC(C)c1cccnc1)c1ccccc1. The number of aromatic nitrogens is 2. The number of nitrogens with zero attached hydrogens (tertiary/aromatic N) is 3. The van der Waals surface area contributed by atoms with Crippen LogP contribution in [0.2, 0.25) is 0 Å². The van der Waals surface area contributed by atoms with Crippen LogP contribution in [0.15, 0.2) is 79.4 Å². The van der Waals surface area contributed by atoms with Gasteiger partial charge in [0.2, 0.25) is 0 Å². The summed E-state index contributed by atoms with van der Waals surface area (Å²) in [5, 5.41) is 8.86. The summed E-state index contributed by atoms with van der Waals surface area (Å²) in [5.74, 6) is 1.80. The van der Waals surface area contributed by atoms with Crippen molar-refractivity contribution in [2.45, 2.75) is 98.8 Å². The lowest BCUT2D eigenvalue weighted by molar-refractivity contribution is 0.525. The minimum absolute atomic E-state index is 0.171. The van der Waals surface area contributed by atoms with Crippen LogP contribution in [-0.4, -0.2) is 9.97 Å². The zero-order valence-corrected chi connectivity index (χ0v) is 24.0. The molecule has 0 amide bonds. The molecule has 0 fully saturated rings. The van der Waals surface area contributed by atoms with Crippen molar-refractivity contribution in [1.29, 1.82) is 5.26 Å². The van der Waals surface area contributed by atoms with E-state index in [9.17, 15) is 0 Å². The van der Waals surface area contributed by atoms with Gasteiger partial charge in [-0.25, -0.2) is 0 Å². The van der Waals surface area contributed by atoms with E-state index in [1.54, 1.807) is 6.20 Å². The molecule has 0 aliphatic carbocycles. The van der Waals surface area contributed by atoms with Gasteiger partial charge in [0.15, 0.2) is 0 Å². The van der Waals surface area contributed by atoms with Crippen molar-refractivity contribution in [2.24, 2.45) is 5.92 Å². The van der Waals surface area contributed by atoms with E-state index in [4.69, 9.17) is 5.26 Å². The average molecular weight is 488 g/mol. The molecule has 0 saturated heterocycles. The fourth-order valence-corrected chi connectivity index (χ4v) is 4.03. The highest BCUT2D eigenvalue weighted by molar-refractivity contribution is 5.21. The Morgan fingerprint density at radius 3 is 1.53 bits per heavy atom. The number of hydrogen-bond donors (Lipinski definition) is 0. The Morgan fingerprint density at radius 2 is 1.14 bits per heavy atom. The standard InChI is InChI=1S/C17H21N.C12H16N2.2C2H6/c1-3-15(16-8-5-4-6-9-16)12-14(2)17-10-7-11-18-13-17;1-3-11(8-13)7-10(2)12-5-4-6-14-9-12;2*1-2/h4-11,13-15H,3,12H2,1-2H3;4-6,9-11H,3,7H2,1-2H3;2*1-2H3. The fraction of sp³-hybridized carbons (Fsp3) is 0.485. The highest BCUT2D eigenvalue weighted by atomic mass is 14.6. The first-order valence-electron chi connectivity index (χ1n) is 13.8. The van der Waals surface area contributed by atoms with Gasteiger partial charge in [-0.3, -0.25) is 9.97 Å². The lowest BCUT2D eigenvalue weighted by Crippen LogP contribution is -2.03. The normalized spacial score (nSPS) is 13.0. The number of benzene rings is 1. The van der Waals surface area contributed by atoms with E-state index in [-0.39, 0.29) is 5.92 Å². The number of nitriles is 1. The van der Waals surface area contributed by atoms with Gasteiger partial charge in [-0.15, -0.1) is 0 Å². The van der Waals surface area contributed by atoms with Gasteiger partial charge < -0.3 is 0 Å². The highest BCUT2D eigenvalue weighted by Gasteiger charge is 2.15. The molecule has 0 aliphatic heterocycles. The third kappa shape index (κ3) is 12.6. The van der Waals surface area contributed by atoms with Gasteiger partial charge in [0, 0.05) is 30.7 Å². The van der Waals surface area contributed by atoms with Gasteiger partial charge in [-0.05, 0) is 72.3 Å². The first kappa shape index (κ1) is 33.0. The van der Waals surface area contributed by atoms with Crippen LogP contribution < -0.4 is 0 Å². The molecule has 36 heavy (non-hydrogen) atoms. The van der Waals surface area contributed by atoms with Crippen molar-refractivity contribution in [3.05, 3.63) is 96.1 Å². The van der Waals surface area contributed by atoms with Gasteiger partial charge in [-0.2, -0.15) is 5.26 Å². The second kappa shape index (κ2) is 21.3. The molecule has 3 aromatic rings. The smallest absolute Gasteiger partial charge is 0.0655 e. The lowest BCUT2D eigenvalue weighted by atomic mass is 9.85. The zero-order valence-electron chi connectivity index (χ0n) is 24.0. The molecule has 3 heteroatoms. The zero-order chi connectivity index (χ0) is 27.2. The highest BCUT2D eigenvalue weighted by Crippen LogP contribution is 2.31. The number of rotatable bonds is 9. The molecule has 2 heterocycles. The summed E-state index contributed by atoms with van der Waals surface area (Å²) in [4.78, 5) is 8.29. The summed E-state index contributed by atoms with van der Waals surface area (Å²) in [7, 11) is 0. The lowest BCUT2D eigenvalue weighted by Gasteiger charge is -2.20. The summed E-state index contributed by atoms with van der Waals surface area (Å²) < 4.78 is 0. The molecule has 4 atom stereocenters. The third-order valence-electron chi connectivity index (χ3n) is 6.22. The van der Waals surface area contributed by atoms with Crippen LogP contribution in [0.1, 0.15) is 116 Å². The Morgan fingerprint density at radius 1 is 0.667 bits per heavy atom. The maximum Gasteiger partial charge on any atom is 0.0655 e.